The fourth-order valence-electron chi connectivity index (χ4n) is 4.41. The van der Waals surface area contributed by atoms with Crippen molar-refractivity contribution in [2.45, 2.75) is 34.6 Å². The summed E-state index contributed by atoms with van der Waals surface area (Å²) in [5.74, 6) is -0.653. The molecule has 2 aromatic carbocycles. The van der Waals surface area contributed by atoms with Crippen molar-refractivity contribution < 1.29 is 23.9 Å². The monoisotopic (exact) mass is 552 g/mol. The van der Waals surface area contributed by atoms with E-state index in [1.165, 1.54) is 6.92 Å². The maximum Gasteiger partial charge on any atom is 0.302 e. The Morgan fingerprint density at radius 3 is 2.46 bits per heavy atom. The van der Waals surface area contributed by atoms with Gasteiger partial charge in [0.2, 0.25) is 0 Å². The molecule has 4 rings (SSSR count). The fraction of sp³-hybridized carbons (Fsp3) is 0.281. The lowest BCUT2D eigenvalue weighted by atomic mass is 9.93. The van der Waals surface area contributed by atoms with E-state index in [2.05, 4.69) is 13.8 Å². The summed E-state index contributed by atoms with van der Waals surface area (Å²) >= 11 is 0. The second-order valence-corrected chi connectivity index (χ2v) is 10.2. The van der Waals surface area contributed by atoms with Crippen LogP contribution in [0.15, 0.2) is 71.4 Å². The van der Waals surface area contributed by atoms with Gasteiger partial charge in [-0.1, -0.05) is 32.0 Å². The summed E-state index contributed by atoms with van der Waals surface area (Å²) in [4.78, 5) is 38.6. The van der Waals surface area contributed by atoms with Crippen LogP contribution in [0.1, 0.15) is 38.8 Å². The molecule has 0 bridgehead atoms. The van der Waals surface area contributed by atoms with Gasteiger partial charge in [-0.3, -0.25) is 19.3 Å². The molecule has 0 spiro atoms. The highest BCUT2D eigenvalue weighted by Crippen LogP contribution is 2.33. The minimum Gasteiger partial charge on any atom is -0.493 e. The minimum atomic E-state index is -0.716. The van der Waals surface area contributed by atoms with Crippen LogP contribution in [0.5, 0.6) is 5.75 Å². The number of amides is 2. The molecule has 1 aliphatic rings. The molecule has 0 saturated carbocycles. The van der Waals surface area contributed by atoms with Gasteiger partial charge in [-0.2, -0.15) is 10.4 Å². The van der Waals surface area contributed by atoms with Gasteiger partial charge >= 0.3 is 5.97 Å². The molecule has 210 valence electrons. The van der Waals surface area contributed by atoms with Gasteiger partial charge in [-0.25, -0.2) is 4.68 Å². The van der Waals surface area contributed by atoms with Crippen molar-refractivity contribution in [3.8, 4) is 28.8 Å². The number of carbonyl (C=O) groups is 3. The predicted octanol–water partition coefficient (Wildman–Crippen LogP) is 5.04. The smallest absolute Gasteiger partial charge is 0.302 e. The third-order valence-electron chi connectivity index (χ3n) is 6.53. The van der Waals surface area contributed by atoms with Crippen LogP contribution in [0.25, 0.3) is 23.0 Å². The van der Waals surface area contributed by atoms with E-state index in [9.17, 15) is 19.6 Å². The van der Waals surface area contributed by atoms with E-state index in [0.29, 0.717) is 23.8 Å². The topological polar surface area (TPSA) is 115 Å². The lowest BCUT2D eigenvalue weighted by Gasteiger charge is -2.27. The first-order chi connectivity index (χ1) is 19.6. The van der Waals surface area contributed by atoms with Crippen molar-refractivity contribution in [3.63, 3.8) is 0 Å². The Kier molecular flexibility index (Phi) is 8.83. The molecule has 0 N–H and O–H groups in total. The first-order valence-corrected chi connectivity index (χ1v) is 13.3. The van der Waals surface area contributed by atoms with Gasteiger partial charge in [-0.05, 0) is 67.3 Å². The molecule has 2 heterocycles. The second-order valence-electron chi connectivity index (χ2n) is 10.2. The second kappa shape index (κ2) is 12.5. The maximum atomic E-state index is 13.5. The highest BCUT2D eigenvalue weighted by molar-refractivity contribution is 6.19. The van der Waals surface area contributed by atoms with Crippen molar-refractivity contribution in [1.82, 2.24) is 14.7 Å². The van der Waals surface area contributed by atoms with Crippen molar-refractivity contribution in [1.29, 1.82) is 5.26 Å². The Morgan fingerprint density at radius 2 is 1.83 bits per heavy atom. The van der Waals surface area contributed by atoms with Gasteiger partial charge in [0.05, 0.1) is 24.5 Å². The van der Waals surface area contributed by atoms with Crippen LogP contribution in [-0.4, -0.2) is 52.2 Å². The molecule has 0 atom stereocenters. The zero-order valence-corrected chi connectivity index (χ0v) is 23.8. The number of ether oxygens (including phenoxy) is 2. The quantitative estimate of drug-likeness (QED) is 0.208. The van der Waals surface area contributed by atoms with E-state index >= 15 is 0 Å². The molecule has 9 heteroatoms. The van der Waals surface area contributed by atoms with Crippen LogP contribution in [0.3, 0.4) is 0 Å². The molecule has 0 fully saturated rings. The number of para-hydroxylation sites is 1. The number of esters is 1. The number of hydrogen-bond donors (Lipinski definition) is 0. The first-order valence-electron chi connectivity index (χ1n) is 13.3. The molecule has 0 unspecified atom stereocenters. The SMILES string of the molecule is CC(=O)OCCN1C(=O)C(C#N)=C(C)/C(=C\c2cn(-c3ccccc3)nc2-c2ccc(OCC(C)C)c(C)c2)C1=O. The van der Waals surface area contributed by atoms with E-state index in [4.69, 9.17) is 14.6 Å². The molecule has 3 aromatic rings. The molecule has 9 nitrogen and oxygen atoms in total. The van der Waals surface area contributed by atoms with Crippen molar-refractivity contribution >= 4 is 23.9 Å². The molecule has 1 aliphatic heterocycles. The van der Waals surface area contributed by atoms with E-state index in [1.807, 2.05) is 67.7 Å². The van der Waals surface area contributed by atoms with Gasteiger partial charge in [0.15, 0.2) is 0 Å². The Bertz CT molecular complexity index is 1590. The van der Waals surface area contributed by atoms with E-state index in [1.54, 1.807) is 17.7 Å². The minimum absolute atomic E-state index is 0.141. The number of carbonyl (C=O) groups excluding carboxylic acids is 3. The average molecular weight is 553 g/mol. The van der Waals surface area contributed by atoms with E-state index in [0.717, 1.165) is 27.5 Å². The average Bonchev–Trinajstić information content (AvgIpc) is 3.36. The zero-order chi connectivity index (χ0) is 29.7. The highest BCUT2D eigenvalue weighted by atomic mass is 16.5. The van der Waals surface area contributed by atoms with Gasteiger partial charge in [-0.15, -0.1) is 0 Å². The summed E-state index contributed by atoms with van der Waals surface area (Å²) in [6.07, 6.45) is 3.46. The summed E-state index contributed by atoms with van der Waals surface area (Å²) in [5, 5.41) is 14.6. The Morgan fingerprint density at radius 1 is 1.10 bits per heavy atom. The van der Waals surface area contributed by atoms with Crippen LogP contribution in [0.4, 0.5) is 0 Å². The number of imide groups is 1. The van der Waals surface area contributed by atoms with Gasteiger partial charge in [0.1, 0.15) is 24.0 Å². The number of aromatic nitrogens is 2. The standard InChI is InChI=1S/C32H32N4O5/c1-20(2)19-41-29-12-11-24(15-21(29)3)30-25(18-36(34-30)26-9-7-6-8-10-26)16-27-22(4)28(17-33)32(39)35(31(27)38)13-14-40-23(5)37/h6-12,15-16,18,20H,13-14,19H2,1-5H3/b27-16+. The number of rotatable bonds is 9. The summed E-state index contributed by atoms with van der Waals surface area (Å²) in [5.41, 5.74) is 4.14. The molecule has 41 heavy (non-hydrogen) atoms. The van der Waals surface area contributed by atoms with E-state index in [-0.39, 0.29) is 29.9 Å². The summed E-state index contributed by atoms with van der Waals surface area (Å²) in [6, 6.07) is 17.3. The lowest BCUT2D eigenvalue weighted by molar-refractivity contribution is -0.147. The number of aryl methyl sites for hydroxylation is 1. The molecule has 2 amide bonds. The van der Waals surface area contributed by atoms with Gasteiger partial charge in [0.25, 0.3) is 11.8 Å². The van der Waals surface area contributed by atoms with Crippen LogP contribution < -0.4 is 4.74 Å². The molecule has 0 aliphatic carbocycles. The van der Waals surface area contributed by atoms with E-state index < -0.39 is 17.8 Å². The maximum absolute atomic E-state index is 13.5. The number of nitrogens with zero attached hydrogens (tertiary/aromatic N) is 4. The summed E-state index contributed by atoms with van der Waals surface area (Å²) in [7, 11) is 0. The largest absolute Gasteiger partial charge is 0.493 e. The van der Waals surface area contributed by atoms with Gasteiger partial charge in [0, 0.05) is 29.8 Å². The first kappa shape index (κ1) is 29.0. The van der Waals surface area contributed by atoms with Crippen LogP contribution in [0.2, 0.25) is 0 Å². The molecular formula is C32H32N4O5. The van der Waals surface area contributed by atoms with Crippen molar-refractivity contribution in [2.75, 3.05) is 19.8 Å². The normalized spacial score (nSPS) is 14.6. The van der Waals surface area contributed by atoms with Crippen molar-refractivity contribution in [2.24, 2.45) is 5.92 Å². The molecule has 0 radical (unpaired) electrons. The predicted molar refractivity (Wildman–Crippen MR) is 154 cm³/mol. The fourth-order valence-corrected chi connectivity index (χ4v) is 4.41. The Labute approximate surface area is 239 Å². The number of nitriles is 1. The zero-order valence-electron chi connectivity index (χ0n) is 23.8. The third kappa shape index (κ3) is 6.44. The third-order valence-corrected chi connectivity index (χ3v) is 6.53. The highest BCUT2D eigenvalue weighted by Gasteiger charge is 2.35. The lowest BCUT2D eigenvalue weighted by Crippen LogP contribution is -2.44. The van der Waals surface area contributed by atoms with Crippen molar-refractivity contribution in [3.05, 3.63) is 82.6 Å². The van der Waals surface area contributed by atoms with Crippen LogP contribution >= 0.6 is 0 Å². The van der Waals surface area contributed by atoms with Gasteiger partial charge < -0.3 is 9.47 Å². The Hall–Kier alpha value is -4.97. The summed E-state index contributed by atoms with van der Waals surface area (Å²) in [6.45, 7) is 9.23. The Balaban J connectivity index is 1.82. The molecular weight excluding hydrogens is 520 g/mol. The summed E-state index contributed by atoms with van der Waals surface area (Å²) < 4.78 is 12.6. The van der Waals surface area contributed by atoms with Crippen LogP contribution in [0, 0.1) is 24.2 Å². The van der Waals surface area contributed by atoms with Crippen LogP contribution in [-0.2, 0) is 19.1 Å². The molecule has 0 saturated heterocycles. The number of hydrogen-bond acceptors (Lipinski definition) is 7. The molecule has 1 aromatic heterocycles. The number of benzene rings is 2.